The number of benzene rings is 1. The van der Waals surface area contributed by atoms with Crippen molar-refractivity contribution in [2.75, 3.05) is 14.1 Å². The van der Waals surface area contributed by atoms with Crippen LogP contribution in [0.4, 0.5) is 0 Å². The van der Waals surface area contributed by atoms with Gasteiger partial charge in [-0.3, -0.25) is 14.2 Å². The van der Waals surface area contributed by atoms with Crippen LogP contribution >= 0.6 is 34.4 Å². The first-order chi connectivity index (χ1) is 15.7. The second-order valence-electron chi connectivity index (χ2n) is 8.20. The van der Waals surface area contributed by atoms with Crippen molar-refractivity contribution in [1.82, 2.24) is 19.4 Å². The van der Waals surface area contributed by atoms with Gasteiger partial charge in [-0.05, 0) is 50.5 Å². The monoisotopic (exact) mass is 498 g/mol. The molecule has 33 heavy (non-hydrogen) atoms. The fourth-order valence-electron chi connectivity index (χ4n) is 3.48. The maximum Gasteiger partial charge on any atom is 0.267 e. The Morgan fingerprint density at radius 1 is 1.12 bits per heavy atom. The predicted octanol–water partition coefficient (Wildman–Crippen LogP) is 5.06. The van der Waals surface area contributed by atoms with E-state index in [0.717, 1.165) is 42.8 Å². The number of fused-ring (bicyclic) bond motifs is 1. The lowest BCUT2D eigenvalue weighted by Gasteiger charge is -2.15. The van der Waals surface area contributed by atoms with Crippen LogP contribution in [0.25, 0.3) is 15.9 Å². The zero-order chi connectivity index (χ0) is 23.9. The van der Waals surface area contributed by atoms with Crippen molar-refractivity contribution < 1.29 is 4.79 Å². The van der Waals surface area contributed by atoms with Crippen molar-refractivity contribution in [3.63, 3.8) is 0 Å². The van der Waals surface area contributed by atoms with Gasteiger partial charge in [0.05, 0.1) is 23.2 Å². The molecule has 0 aliphatic heterocycles. The van der Waals surface area contributed by atoms with Crippen LogP contribution < -0.4 is 5.56 Å². The number of rotatable bonds is 6. The van der Waals surface area contributed by atoms with Crippen LogP contribution in [0.5, 0.6) is 0 Å². The lowest BCUT2D eigenvalue weighted by molar-refractivity contribution is -0.127. The van der Waals surface area contributed by atoms with Crippen LogP contribution in [0.15, 0.2) is 33.5 Å². The first-order valence-electron chi connectivity index (χ1n) is 10.5. The third kappa shape index (κ3) is 4.62. The second kappa shape index (κ2) is 9.40. The van der Waals surface area contributed by atoms with Gasteiger partial charge in [-0.25, -0.2) is 9.97 Å². The normalized spacial score (nSPS) is 11.3. The molecule has 4 aromatic rings. The summed E-state index contributed by atoms with van der Waals surface area (Å²) in [6.45, 7) is 8.11. The smallest absolute Gasteiger partial charge is 0.267 e. The minimum absolute atomic E-state index is 0.0304. The van der Waals surface area contributed by atoms with Gasteiger partial charge in [0.1, 0.15) is 9.84 Å². The number of hydrogen-bond donors (Lipinski definition) is 0. The Kier molecular flexibility index (Phi) is 6.74. The first kappa shape index (κ1) is 23.7. The Balaban J connectivity index is 1.74. The molecule has 1 amide bonds. The average molecular weight is 499 g/mol. The van der Waals surface area contributed by atoms with Crippen LogP contribution in [0.2, 0.25) is 0 Å². The molecule has 0 bridgehead atoms. The van der Waals surface area contributed by atoms with Crippen LogP contribution in [0.3, 0.4) is 0 Å². The Morgan fingerprint density at radius 2 is 1.88 bits per heavy atom. The predicted molar refractivity (Wildman–Crippen MR) is 138 cm³/mol. The van der Waals surface area contributed by atoms with E-state index in [-0.39, 0.29) is 11.5 Å². The highest BCUT2D eigenvalue weighted by molar-refractivity contribution is 7.98. The van der Waals surface area contributed by atoms with Gasteiger partial charge in [-0.2, -0.15) is 0 Å². The van der Waals surface area contributed by atoms with Crippen molar-refractivity contribution in [2.24, 2.45) is 0 Å². The summed E-state index contributed by atoms with van der Waals surface area (Å²) in [6.07, 6.45) is 0.299. The summed E-state index contributed by atoms with van der Waals surface area (Å²) < 4.78 is 1.75. The van der Waals surface area contributed by atoms with E-state index in [2.05, 4.69) is 18.0 Å². The van der Waals surface area contributed by atoms with E-state index >= 15 is 0 Å². The lowest BCUT2D eigenvalue weighted by atomic mass is 10.1. The molecule has 0 fully saturated rings. The molecule has 0 saturated heterocycles. The van der Waals surface area contributed by atoms with Gasteiger partial charge >= 0.3 is 0 Å². The molecule has 0 saturated carbocycles. The third-order valence-electron chi connectivity index (χ3n) is 5.74. The molecule has 3 aromatic heterocycles. The zero-order valence-electron chi connectivity index (χ0n) is 19.6. The Morgan fingerprint density at radius 3 is 2.61 bits per heavy atom. The molecule has 4 rings (SSSR count). The number of carbonyl (C=O) groups excluding carboxylic acids is 1. The number of thiophene rings is 1. The number of nitrogens with zero attached hydrogens (tertiary/aromatic N) is 4. The highest BCUT2D eigenvalue weighted by Gasteiger charge is 2.20. The Hall–Kier alpha value is -2.49. The minimum Gasteiger partial charge on any atom is -0.348 e. The number of thioether (sulfide) groups is 1. The van der Waals surface area contributed by atoms with Crippen molar-refractivity contribution in [2.45, 2.75) is 45.0 Å². The van der Waals surface area contributed by atoms with E-state index in [1.165, 1.54) is 23.1 Å². The first-order valence-corrected chi connectivity index (χ1v) is 13.2. The molecule has 1 aromatic carbocycles. The SMILES string of the molecule is Cc1cccc(-n2c(SCc3csc(CC(=O)N(C)C)n3)nc3sc(C)c(C)c3c2=O)c1C. The molecule has 0 aliphatic rings. The highest BCUT2D eigenvalue weighted by atomic mass is 32.2. The van der Waals surface area contributed by atoms with Crippen molar-refractivity contribution >= 4 is 50.6 Å². The van der Waals surface area contributed by atoms with Gasteiger partial charge in [-0.15, -0.1) is 22.7 Å². The van der Waals surface area contributed by atoms with E-state index in [4.69, 9.17) is 4.98 Å². The number of aromatic nitrogens is 3. The molecule has 0 spiro atoms. The van der Waals surface area contributed by atoms with E-state index < -0.39 is 0 Å². The van der Waals surface area contributed by atoms with Crippen LogP contribution in [-0.4, -0.2) is 39.4 Å². The molecule has 0 atom stereocenters. The summed E-state index contributed by atoms with van der Waals surface area (Å²) in [4.78, 5) is 38.7. The summed E-state index contributed by atoms with van der Waals surface area (Å²) in [7, 11) is 3.49. The quantitative estimate of drug-likeness (QED) is 0.275. The minimum atomic E-state index is -0.0337. The average Bonchev–Trinajstić information content (AvgIpc) is 3.32. The molecule has 0 radical (unpaired) electrons. The third-order valence-corrected chi connectivity index (χ3v) is 8.71. The molecule has 3 heterocycles. The van der Waals surface area contributed by atoms with E-state index in [0.29, 0.717) is 22.7 Å². The number of aryl methyl sites for hydroxylation is 3. The van der Waals surface area contributed by atoms with Gasteiger partial charge in [-0.1, -0.05) is 23.9 Å². The van der Waals surface area contributed by atoms with Crippen LogP contribution in [-0.2, 0) is 17.0 Å². The lowest BCUT2D eigenvalue weighted by Crippen LogP contribution is -2.23. The Bertz CT molecular complexity index is 1420. The van der Waals surface area contributed by atoms with Crippen molar-refractivity contribution in [3.8, 4) is 5.69 Å². The summed E-state index contributed by atoms with van der Waals surface area (Å²) in [5.41, 5.74) is 4.89. The fraction of sp³-hybridized carbons (Fsp3) is 0.333. The number of thiazole rings is 1. The molecular formula is C24H26N4O2S3. The molecule has 0 N–H and O–H groups in total. The second-order valence-corrected chi connectivity index (χ2v) is 11.3. The van der Waals surface area contributed by atoms with Crippen molar-refractivity contribution in [1.29, 1.82) is 0 Å². The molecule has 172 valence electrons. The zero-order valence-corrected chi connectivity index (χ0v) is 22.0. The van der Waals surface area contributed by atoms with Gasteiger partial charge in [0, 0.05) is 30.1 Å². The number of carbonyl (C=O) groups is 1. The van der Waals surface area contributed by atoms with E-state index in [1.54, 1.807) is 34.9 Å². The van der Waals surface area contributed by atoms with Crippen LogP contribution in [0, 0.1) is 27.7 Å². The Labute approximate surface area is 205 Å². The van der Waals surface area contributed by atoms with Crippen molar-refractivity contribution in [3.05, 3.63) is 66.2 Å². The summed E-state index contributed by atoms with van der Waals surface area (Å²) >= 11 is 4.55. The molecular weight excluding hydrogens is 472 g/mol. The number of likely N-dealkylation sites (N-methyl/N-ethyl adjacent to an activating group) is 1. The summed E-state index contributed by atoms with van der Waals surface area (Å²) in [5.74, 6) is 0.599. The topological polar surface area (TPSA) is 68.1 Å². The van der Waals surface area contributed by atoms with Gasteiger partial charge in [0.25, 0.3) is 5.56 Å². The van der Waals surface area contributed by atoms with Crippen LogP contribution in [0.1, 0.15) is 32.3 Å². The summed E-state index contributed by atoms with van der Waals surface area (Å²) in [6, 6.07) is 6.00. The maximum atomic E-state index is 13.7. The highest BCUT2D eigenvalue weighted by Crippen LogP contribution is 2.31. The molecule has 6 nitrogen and oxygen atoms in total. The number of amides is 1. The van der Waals surface area contributed by atoms with E-state index in [1.807, 2.05) is 38.3 Å². The molecule has 0 unspecified atom stereocenters. The number of hydrogen-bond acceptors (Lipinski definition) is 7. The largest absolute Gasteiger partial charge is 0.348 e. The maximum absolute atomic E-state index is 13.7. The molecule has 0 aliphatic carbocycles. The fourth-order valence-corrected chi connectivity index (χ4v) is 6.34. The van der Waals surface area contributed by atoms with Gasteiger partial charge in [0.2, 0.25) is 5.91 Å². The van der Waals surface area contributed by atoms with Gasteiger partial charge in [0.15, 0.2) is 5.16 Å². The standard InChI is InChI=1S/C24H26N4O2S3/c1-13-8-7-9-18(14(13)2)28-23(30)21-15(3)16(4)33-22(21)26-24(28)32-12-17-11-31-19(25-17)10-20(29)27(5)6/h7-9,11H,10,12H2,1-6H3. The van der Waals surface area contributed by atoms with Gasteiger partial charge < -0.3 is 4.90 Å². The summed E-state index contributed by atoms with van der Waals surface area (Å²) in [5, 5.41) is 4.12. The van der Waals surface area contributed by atoms with E-state index in [9.17, 15) is 9.59 Å². The molecule has 9 heteroatoms.